The summed E-state index contributed by atoms with van der Waals surface area (Å²) < 4.78 is 0. The molecule has 0 amide bonds. The van der Waals surface area contributed by atoms with Gasteiger partial charge < -0.3 is 15.2 Å². The van der Waals surface area contributed by atoms with Gasteiger partial charge in [-0.1, -0.05) is 32.1 Å². The Morgan fingerprint density at radius 3 is 2.77 bits per heavy atom. The average molecular weight is 416 g/mol. The van der Waals surface area contributed by atoms with Crippen molar-refractivity contribution in [3.05, 3.63) is 24.0 Å². The Hall–Kier alpha value is -0.720. The zero-order chi connectivity index (χ0) is 14.7. The molecule has 0 saturated heterocycles. The predicted molar refractivity (Wildman–Crippen MR) is 103 cm³/mol. The summed E-state index contributed by atoms with van der Waals surface area (Å²) in [5.41, 5.74) is 1.22. The number of halogens is 1. The first kappa shape index (κ1) is 17.6. The smallest absolute Gasteiger partial charge is 0.193 e. The van der Waals surface area contributed by atoms with Gasteiger partial charge in [0, 0.05) is 32.0 Å². The zero-order valence-corrected chi connectivity index (χ0v) is 16.0. The maximum absolute atomic E-state index is 4.45. The molecule has 2 atom stereocenters. The van der Waals surface area contributed by atoms with Crippen molar-refractivity contribution < 1.29 is 0 Å². The number of nitrogens with zero attached hydrogens (tertiary/aromatic N) is 2. The second-order valence-electron chi connectivity index (χ2n) is 6.65. The second-order valence-corrected chi connectivity index (χ2v) is 6.65. The number of aliphatic imine (C=N–C) groups is 1. The fourth-order valence-electron chi connectivity index (χ4n) is 3.77. The maximum atomic E-state index is 4.45. The Bertz CT molecular complexity index is 465. The van der Waals surface area contributed by atoms with E-state index in [-0.39, 0.29) is 24.0 Å². The van der Waals surface area contributed by atoms with Gasteiger partial charge in [-0.25, -0.2) is 0 Å². The molecule has 3 rings (SSSR count). The lowest BCUT2D eigenvalue weighted by Crippen LogP contribution is -2.40. The van der Waals surface area contributed by atoms with Gasteiger partial charge in [-0.05, 0) is 30.4 Å². The van der Waals surface area contributed by atoms with Gasteiger partial charge in [0.2, 0.25) is 0 Å². The van der Waals surface area contributed by atoms with E-state index in [1.54, 1.807) is 0 Å². The average Bonchev–Trinajstić information content (AvgIpc) is 3.11. The first-order chi connectivity index (χ1) is 10.3. The normalized spacial score (nSPS) is 25.5. The van der Waals surface area contributed by atoms with Gasteiger partial charge in [0.15, 0.2) is 5.96 Å². The van der Waals surface area contributed by atoms with Gasteiger partial charge in [-0.2, -0.15) is 0 Å². The van der Waals surface area contributed by atoms with E-state index in [9.17, 15) is 0 Å². The molecule has 0 aromatic carbocycles. The highest BCUT2D eigenvalue weighted by atomic mass is 127. The Labute approximate surface area is 151 Å². The molecule has 2 aliphatic rings. The minimum Gasteiger partial charge on any atom is -0.364 e. The van der Waals surface area contributed by atoms with Crippen molar-refractivity contribution in [1.82, 2.24) is 15.2 Å². The van der Waals surface area contributed by atoms with Crippen LogP contribution in [0.15, 0.2) is 23.3 Å². The van der Waals surface area contributed by atoms with Gasteiger partial charge in [-0.15, -0.1) is 24.0 Å². The lowest BCUT2D eigenvalue weighted by molar-refractivity contribution is 0.314. The van der Waals surface area contributed by atoms with Crippen molar-refractivity contribution in [3.8, 4) is 0 Å². The number of hydrogen-bond donors (Lipinski definition) is 2. The van der Waals surface area contributed by atoms with E-state index in [2.05, 4.69) is 33.3 Å². The minimum atomic E-state index is 0. The van der Waals surface area contributed by atoms with Crippen LogP contribution < -0.4 is 5.32 Å². The standard InChI is InChI=1S/C17H28N4.HI/c1-18-17(21(2)12-14-9-6-10-19-14)20-16-11-15(16)13-7-4-3-5-8-13;/h6,9-10,13,15-16,19H,3-5,7-8,11-12H2,1-2H3,(H,18,20);1H. The molecule has 1 aromatic heterocycles. The van der Waals surface area contributed by atoms with Crippen LogP contribution in [0.1, 0.15) is 44.2 Å². The molecular formula is C17H29IN4. The number of H-pyrrole nitrogens is 1. The van der Waals surface area contributed by atoms with Crippen LogP contribution in [0.4, 0.5) is 0 Å². The van der Waals surface area contributed by atoms with Crippen molar-refractivity contribution in [2.45, 2.75) is 51.1 Å². The molecule has 5 heteroatoms. The molecule has 0 spiro atoms. The highest BCUT2D eigenvalue weighted by Gasteiger charge is 2.43. The first-order valence-electron chi connectivity index (χ1n) is 8.34. The fraction of sp³-hybridized carbons (Fsp3) is 0.706. The van der Waals surface area contributed by atoms with Crippen molar-refractivity contribution >= 4 is 29.9 Å². The molecule has 124 valence electrons. The monoisotopic (exact) mass is 416 g/mol. The predicted octanol–water partition coefficient (Wildman–Crippen LogP) is 3.61. The van der Waals surface area contributed by atoms with E-state index in [0.29, 0.717) is 6.04 Å². The summed E-state index contributed by atoms with van der Waals surface area (Å²) >= 11 is 0. The van der Waals surface area contributed by atoms with Gasteiger partial charge >= 0.3 is 0 Å². The summed E-state index contributed by atoms with van der Waals surface area (Å²) in [6.07, 6.45) is 10.5. The van der Waals surface area contributed by atoms with E-state index in [4.69, 9.17) is 0 Å². The summed E-state index contributed by atoms with van der Waals surface area (Å²) in [4.78, 5) is 9.89. The topological polar surface area (TPSA) is 43.4 Å². The highest BCUT2D eigenvalue weighted by Crippen LogP contribution is 2.44. The third-order valence-electron chi connectivity index (χ3n) is 5.05. The third kappa shape index (κ3) is 4.40. The Balaban J connectivity index is 0.00000176. The number of aromatic nitrogens is 1. The fourth-order valence-corrected chi connectivity index (χ4v) is 3.77. The summed E-state index contributed by atoms with van der Waals surface area (Å²) in [5, 5.41) is 3.66. The lowest BCUT2D eigenvalue weighted by atomic mass is 9.85. The molecule has 2 N–H and O–H groups in total. The van der Waals surface area contributed by atoms with Crippen molar-refractivity contribution in [2.24, 2.45) is 16.8 Å². The maximum Gasteiger partial charge on any atom is 0.193 e. The van der Waals surface area contributed by atoms with Crippen LogP contribution in [-0.4, -0.2) is 36.0 Å². The van der Waals surface area contributed by atoms with E-state index in [1.807, 2.05) is 19.3 Å². The van der Waals surface area contributed by atoms with Crippen LogP contribution in [0.3, 0.4) is 0 Å². The van der Waals surface area contributed by atoms with Crippen molar-refractivity contribution in [1.29, 1.82) is 0 Å². The van der Waals surface area contributed by atoms with Crippen LogP contribution in [0.5, 0.6) is 0 Å². The van der Waals surface area contributed by atoms with E-state index in [0.717, 1.165) is 24.3 Å². The SMILES string of the molecule is CN=C(NC1CC1C1CCCCC1)N(C)Cc1ccc[nH]1.I. The molecule has 1 heterocycles. The molecule has 2 fully saturated rings. The van der Waals surface area contributed by atoms with Gasteiger partial charge in [-0.3, -0.25) is 4.99 Å². The molecule has 0 radical (unpaired) electrons. The lowest BCUT2D eigenvalue weighted by Gasteiger charge is -2.24. The molecule has 2 unspecified atom stereocenters. The summed E-state index contributed by atoms with van der Waals surface area (Å²) in [6, 6.07) is 4.81. The Morgan fingerprint density at radius 2 is 2.14 bits per heavy atom. The summed E-state index contributed by atoms with van der Waals surface area (Å²) in [7, 11) is 3.99. The molecule has 4 nitrogen and oxygen atoms in total. The van der Waals surface area contributed by atoms with E-state index >= 15 is 0 Å². The van der Waals surface area contributed by atoms with Crippen LogP contribution in [0.25, 0.3) is 0 Å². The van der Waals surface area contributed by atoms with Crippen LogP contribution >= 0.6 is 24.0 Å². The van der Waals surface area contributed by atoms with Gasteiger partial charge in [0.1, 0.15) is 0 Å². The van der Waals surface area contributed by atoms with Crippen molar-refractivity contribution in [2.75, 3.05) is 14.1 Å². The van der Waals surface area contributed by atoms with Crippen molar-refractivity contribution in [3.63, 3.8) is 0 Å². The molecule has 0 aliphatic heterocycles. The largest absolute Gasteiger partial charge is 0.364 e. The molecule has 22 heavy (non-hydrogen) atoms. The Kier molecular flexibility index (Phi) is 6.59. The van der Waals surface area contributed by atoms with Gasteiger partial charge in [0.25, 0.3) is 0 Å². The zero-order valence-electron chi connectivity index (χ0n) is 13.7. The summed E-state index contributed by atoms with van der Waals surface area (Å²) in [6.45, 7) is 0.869. The molecule has 2 aliphatic carbocycles. The van der Waals surface area contributed by atoms with Gasteiger partial charge in [0.05, 0.1) is 6.54 Å². The molecule has 1 aromatic rings. The second kappa shape index (κ2) is 8.22. The molecule has 2 saturated carbocycles. The van der Waals surface area contributed by atoms with E-state index < -0.39 is 0 Å². The quantitative estimate of drug-likeness (QED) is 0.448. The molecular weight excluding hydrogens is 387 g/mol. The summed E-state index contributed by atoms with van der Waals surface area (Å²) in [5.74, 6) is 2.87. The number of aromatic amines is 1. The molecule has 0 bridgehead atoms. The van der Waals surface area contributed by atoms with E-state index in [1.165, 1.54) is 44.2 Å². The number of nitrogens with one attached hydrogen (secondary N) is 2. The number of rotatable bonds is 4. The number of hydrogen-bond acceptors (Lipinski definition) is 1. The first-order valence-corrected chi connectivity index (χ1v) is 8.34. The minimum absolute atomic E-state index is 0. The van der Waals surface area contributed by atoms with Crippen LogP contribution in [-0.2, 0) is 6.54 Å². The van der Waals surface area contributed by atoms with Crippen LogP contribution in [0, 0.1) is 11.8 Å². The Morgan fingerprint density at radius 1 is 1.36 bits per heavy atom. The highest BCUT2D eigenvalue weighted by molar-refractivity contribution is 14.0. The number of guanidine groups is 1. The van der Waals surface area contributed by atoms with Crippen LogP contribution in [0.2, 0.25) is 0 Å². The third-order valence-corrected chi connectivity index (χ3v) is 5.05.